The molecule has 2 aromatic carbocycles. The van der Waals surface area contributed by atoms with Gasteiger partial charge in [-0.2, -0.15) is 4.98 Å². The van der Waals surface area contributed by atoms with Gasteiger partial charge in [0.05, 0.1) is 19.6 Å². The molecule has 2 atom stereocenters. The molecule has 3 aromatic rings. The van der Waals surface area contributed by atoms with Crippen molar-refractivity contribution < 1.29 is 9.53 Å². The number of amides is 1. The molecular formula is C21H23N5O2. The number of carbonyl (C=O) groups excluding carboxylic acids is 1. The number of ether oxygens (including phenoxy) is 1. The van der Waals surface area contributed by atoms with Crippen molar-refractivity contribution in [2.75, 3.05) is 17.7 Å². The van der Waals surface area contributed by atoms with Gasteiger partial charge in [-0.15, -0.1) is 5.10 Å². The van der Waals surface area contributed by atoms with Gasteiger partial charge in [0.25, 0.3) is 5.95 Å². The van der Waals surface area contributed by atoms with Crippen molar-refractivity contribution in [1.82, 2.24) is 14.8 Å². The van der Waals surface area contributed by atoms with Crippen molar-refractivity contribution in [3.05, 3.63) is 65.7 Å². The summed E-state index contributed by atoms with van der Waals surface area (Å²) in [5.74, 6) is 1.60. The van der Waals surface area contributed by atoms with Crippen LogP contribution in [0.5, 0.6) is 5.75 Å². The third-order valence-electron chi connectivity index (χ3n) is 4.84. The Morgan fingerprint density at radius 2 is 1.96 bits per heavy atom. The lowest BCUT2D eigenvalue weighted by molar-refractivity contribution is -0.115. The standard InChI is InChI=1S/C21H23N5O2/c1-14-12-18(16-6-4-3-5-7-16)26-21(22-14)24-20(25-26)23-19(27)13-15-8-10-17(28-2)11-9-15/h3-11,14,18H,12-13H2,1-2H3,(H2,22,23,24,25,27)/t14-,18+/m1/s1. The van der Waals surface area contributed by atoms with E-state index in [1.54, 1.807) is 7.11 Å². The molecule has 0 saturated heterocycles. The van der Waals surface area contributed by atoms with Crippen LogP contribution >= 0.6 is 0 Å². The normalized spacial score (nSPS) is 18.1. The molecule has 2 heterocycles. The molecule has 1 aromatic heterocycles. The Hall–Kier alpha value is -3.35. The van der Waals surface area contributed by atoms with Crippen LogP contribution in [0.1, 0.15) is 30.5 Å². The van der Waals surface area contributed by atoms with Gasteiger partial charge in [0.2, 0.25) is 11.9 Å². The van der Waals surface area contributed by atoms with Gasteiger partial charge >= 0.3 is 0 Å². The van der Waals surface area contributed by atoms with E-state index in [-0.39, 0.29) is 24.4 Å². The second-order valence-electron chi connectivity index (χ2n) is 6.98. The van der Waals surface area contributed by atoms with Gasteiger partial charge in [0, 0.05) is 6.04 Å². The van der Waals surface area contributed by atoms with Crippen LogP contribution in [0.4, 0.5) is 11.9 Å². The number of hydrogen-bond acceptors (Lipinski definition) is 5. The number of benzene rings is 2. The smallest absolute Gasteiger partial charge is 0.250 e. The van der Waals surface area contributed by atoms with Crippen LogP contribution in [-0.2, 0) is 11.2 Å². The zero-order valence-corrected chi connectivity index (χ0v) is 15.9. The van der Waals surface area contributed by atoms with Gasteiger partial charge in [0.1, 0.15) is 5.75 Å². The van der Waals surface area contributed by atoms with Gasteiger partial charge in [-0.3, -0.25) is 10.1 Å². The maximum atomic E-state index is 12.4. The molecular weight excluding hydrogens is 354 g/mol. The van der Waals surface area contributed by atoms with E-state index in [2.05, 4.69) is 39.8 Å². The van der Waals surface area contributed by atoms with Crippen LogP contribution in [0.3, 0.4) is 0 Å². The number of carbonyl (C=O) groups is 1. The van der Waals surface area contributed by atoms with Crippen LogP contribution < -0.4 is 15.4 Å². The number of hydrogen-bond donors (Lipinski definition) is 2. The molecule has 0 unspecified atom stereocenters. The van der Waals surface area contributed by atoms with Crippen molar-refractivity contribution in [2.24, 2.45) is 0 Å². The third-order valence-corrected chi connectivity index (χ3v) is 4.84. The summed E-state index contributed by atoms with van der Waals surface area (Å²) >= 11 is 0. The first kappa shape index (κ1) is 18.0. The van der Waals surface area contributed by atoms with E-state index in [0.717, 1.165) is 17.7 Å². The SMILES string of the molecule is COc1ccc(CC(=O)Nc2nc3n(n2)[C@H](c2ccccc2)C[C@@H](C)N3)cc1. The number of fused-ring (bicyclic) bond motifs is 1. The highest BCUT2D eigenvalue weighted by Gasteiger charge is 2.28. The number of anilines is 2. The average Bonchev–Trinajstić information content (AvgIpc) is 3.10. The van der Waals surface area contributed by atoms with Crippen molar-refractivity contribution in [3.63, 3.8) is 0 Å². The number of nitrogens with one attached hydrogen (secondary N) is 2. The maximum absolute atomic E-state index is 12.4. The first-order valence-electron chi connectivity index (χ1n) is 9.33. The fourth-order valence-corrected chi connectivity index (χ4v) is 3.46. The average molecular weight is 377 g/mol. The van der Waals surface area contributed by atoms with Crippen molar-refractivity contribution >= 4 is 17.8 Å². The van der Waals surface area contributed by atoms with Gasteiger partial charge in [-0.25, -0.2) is 4.68 Å². The minimum absolute atomic E-state index is 0.0900. The van der Waals surface area contributed by atoms with Gasteiger partial charge in [0.15, 0.2) is 0 Å². The highest BCUT2D eigenvalue weighted by Crippen LogP contribution is 2.31. The Bertz CT molecular complexity index is 953. The molecule has 1 amide bonds. The van der Waals surface area contributed by atoms with Crippen LogP contribution in [0.15, 0.2) is 54.6 Å². The fraction of sp³-hybridized carbons (Fsp3) is 0.286. The molecule has 0 aliphatic carbocycles. The summed E-state index contributed by atoms with van der Waals surface area (Å²) in [6.45, 7) is 2.12. The zero-order valence-electron chi connectivity index (χ0n) is 15.9. The summed E-state index contributed by atoms with van der Waals surface area (Å²) in [4.78, 5) is 16.9. The van der Waals surface area contributed by atoms with Gasteiger partial charge in [-0.1, -0.05) is 42.5 Å². The molecule has 1 aliphatic rings. The third kappa shape index (κ3) is 3.83. The van der Waals surface area contributed by atoms with E-state index in [1.807, 2.05) is 47.1 Å². The second kappa shape index (κ2) is 7.72. The molecule has 7 heteroatoms. The van der Waals surface area contributed by atoms with E-state index < -0.39 is 0 Å². The molecule has 0 spiro atoms. The van der Waals surface area contributed by atoms with E-state index in [1.165, 1.54) is 5.56 Å². The Morgan fingerprint density at radius 3 is 2.68 bits per heavy atom. The van der Waals surface area contributed by atoms with E-state index >= 15 is 0 Å². The highest BCUT2D eigenvalue weighted by molar-refractivity contribution is 5.90. The maximum Gasteiger partial charge on any atom is 0.250 e. The van der Waals surface area contributed by atoms with Crippen molar-refractivity contribution in [3.8, 4) is 5.75 Å². The second-order valence-corrected chi connectivity index (χ2v) is 6.98. The minimum Gasteiger partial charge on any atom is -0.497 e. The molecule has 4 rings (SSSR count). The minimum atomic E-state index is -0.155. The van der Waals surface area contributed by atoms with E-state index in [4.69, 9.17) is 4.74 Å². The molecule has 28 heavy (non-hydrogen) atoms. The summed E-state index contributed by atoms with van der Waals surface area (Å²) in [7, 11) is 1.62. The lowest BCUT2D eigenvalue weighted by atomic mass is 9.99. The molecule has 1 aliphatic heterocycles. The topological polar surface area (TPSA) is 81.1 Å². The number of methoxy groups -OCH3 is 1. The molecule has 0 bridgehead atoms. The Morgan fingerprint density at radius 1 is 1.21 bits per heavy atom. The first-order valence-corrected chi connectivity index (χ1v) is 9.33. The number of rotatable bonds is 5. The number of aromatic nitrogens is 3. The van der Waals surface area contributed by atoms with Crippen LogP contribution in [0.25, 0.3) is 0 Å². The number of nitrogens with zero attached hydrogens (tertiary/aromatic N) is 3. The Balaban J connectivity index is 1.50. The van der Waals surface area contributed by atoms with Gasteiger partial charge < -0.3 is 10.1 Å². The zero-order chi connectivity index (χ0) is 19.5. The first-order chi connectivity index (χ1) is 13.6. The molecule has 0 fully saturated rings. The summed E-state index contributed by atoms with van der Waals surface area (Å²) in [5.41, 5.74) is 2.08. The highest BCUT2D eigenvalue weighted by atomic mass is 16.5. The summed E-state index contributed by atoms with van der Waals surface area (Å²) in [5, 5.41) is 10.7. The molecule has 7 nitrogen and oxygen atoms in total. The molecule has 144 valence electrons. The Labute approximate surface area is 163 Å². The van der Waals surface area contributed by atoms with Gasteiger partial charge in [-0.05, 0) is 36.6 Å². The van der Waals surface area contributed by atoms with Crippen LogP contribution in [0.2, 0.25) is 0 Å². The largest absolute Gasteiger partial charge is 0.497 e. The van der Waals surface area contributed by atoms with E-state index in [9.17, 15) is 4.79 Å². The van der Waals surface area contributed by atoms with Crippen LogP contribution in [-0.4, -0.2) is 33.8 Å². The molecule has 2 N–H and O–H groups in total. The van der Waals surface area contributed by atoms with Crippen molar-refractivity contribution in [1.29, 1.82) is 0 Å². The summed E-state index contributed by atoms with van der Waals surface area (Å²) in [6, 6.07) is 18.0. The molecule has 0 saturated carbocycles. The monoisotopic (exact) mass is 377 g/mol. The van der Waals surface area contributed by atoms with E-state index in [0.29, 0.717) is 11.9 Å². The van der Waals surface area contributed by atoms with Crippen molar-refractivity contribution in [2.45, 2.75) is 31.8 Å². The van der Waals surface area contributed by atoms with Crippen LogP contribution in [0, 0.1) is 0 Å². The lowest BCUT2D eigenvalue weighted by Crippen LogP contribution is -2.31. The predicted molar refractivity (Wildman–Crippen MR) is 108 cm³/mol. The summed E-state index contributed by atoms with van der Waals surface area (Å²) in [6.07, 6.45) is 1.15. The quantitative estimate of drug-likeness (QED) is 0.713. The fourth-order valence-electron chi connectivity index (χ4n) is 3.46. The molecule has 0 radical (unpaired) electrons. The summed E-state index contributed by atoms with van der Waals surface area (Å²) < 4.78 is 7.00. The Kier molecular flexibility index (Phi) is 4.97. The lowest BCUT2D eigenvalue weighted by Gasteiger charge is -2.29. The predicted octanol–water partition coefficient (Wildman–Crippen LogP) is 3.26.